The van der Waals surface area contributed by atoms with Gasteiger partial charge in [-0.25, -0.2) is 4.79 Å². The molecule has 2 rings (SSSR count). The van der Waals surface area contributed by atoms with E-state index in [0.717, 1.165) is 18.4 Å². The number of rotatable bonds is 3. The van der Waals surface area contributed by atoms with Crippen LogP contribution in [0.3, 0.4) is 0 Å². The van der Waals surface area contributed by atoms with Crippen molar-refractivity contribution in [3.05, 3.63) is 47.5 Å². The van der Waals surface area contributed by atoms with Crippen LogP contribution in [0.4, 0.5) is 4.79 Å². The van der Waals surface area contributed by atoms with Gasteiger partial charge in [0.1, 0.15) is 6.61 Å². The number of carbonyl (C=O) groups excluding carboxylic acids is 1. The van der Waals surface area contributed by atoms with Crippen LogP contribution in [0.5, 0.6) is 0 Å². The molecule has 1 aliphatic carbocycles. The summed E-state index contributed by atoms with van der Waals surface area (Å²) in [7, 11) is 0. The lowest BCUT2D eigenvalue weighted by Crippen LogP contribution is -2.34. The maximum absolute atomic E-state index is 11.6. The van der Waals surface area contributed by atoms with E-state index in [-0.39, 0.29) is 12.1 Å². The second-order valence-electron chi connectivity index (χ2n) is 4.28. The largest absolute Gasteiger partial charge is 0.445 e. The topological polar surface area (TPSA) is 38.3 Å². The molecule has 0 bridgehead atoms. The zero-order chi connectivity index (χ0) is 12.1. The predicted molar refractivity (Wildman–Crippen MR) is 66.5 cm³/mol. The van der Waals surface area contributed by atoms with E-state index in [1.807, 2.05) is 37.3 Å². The van der Waals surface area contributed by atoms with Crippen molar-refractivity contribution in [1.29, 1.82) is 0 Å². The lowest BCUT2D eigenvalue weighted by atomic mass is 10.2. The second kappa shape index (κ2) is 5.53. The minimum atomic E-state index is -0.339. The smallest absolute Gasteiger partial charge is 0.407 e. The van der Waals surface area contributed by atoms with Crippen molar-refractivity contribution >= 4 is 6.09 Å². The molecule has 1 atom stereocenters. The fourth-order valence-electron chi connectivity index (χ4n) is 1.94. The zero-order valence-corrected chi connectivity index (χ0v) is 9.98. The van der Waals surface area contributed by atoms with Gasteiger partial charge in [0.25, 0.3) is 0 Å². The van der Waals surface area contributed by atoms with E-state index >= 15 is 0 Å². The first-order valence-electron chi connectivity index (χ1n) is 5.89. The van der Waals surface area contributed by atoms with Gasteiger partial charge in [0.05, 0.1) is 6.04 Å². The third kappa shape index (κ3) is 3.34. The third-order valence-electron chi connectivity index (χ3n) is 2.98. The Bertz CT molecular complexity index is 411. The highest BCUT2D eigenvalue weighted by atomic mass is 16.5. The van der Waals surface area contributed by atoms with Crippen LogP contribution < -0.4 is 5.32 Å². The van der Waals surface area contributed by atoms with E-state index in [0.29, 0.717) is 6.61 Å². The Morgan fingerprint density at radius 2 is 2.18 bits per heavy atom. The molecule has 0 saturated carbocycles. The minimum Gasteiger partial charge on any atom is -0.445 e. The van der Waals surface area contributed by atoms with Gasteiger partial charge in [0.15, 0.2) is 0 Å². The molecule has 0 aliphatic heterocycles. The molecule has 90 valence electrons. The van der Waals surface area contributed by atoms with Crippen LogP contribution in [0.25, 0.3) is 0 Å². The Labute approximate surface area is 101 Å². The quantitative estimate of drug-likeness (QED) is 0.812. The van der Waals surface area contributed by atoms with Gasteiger partial charge < -0.3 is 10.1 Å². The van der Waals surface area contributed by atoms with Crippen molar-refractivity contribution in [2.75, 3.05) is 0 Å². The Balaban J connectivity index is 1.77. The Kier molecular flexibility index (Phi) is 3.81. The standard InChI is InChI=1S/C14H17NO2/c1-11-6-5-9-13(11)15-14(16)17-10-12-7-3-2-4-8-12/h2-4,6-8,13H,5,9-10H2,1H3,(H,15,16). The number of amides is 1. The van der Waals surface area contributed by atoms with Crippen molar-refractivity contribution in [1.82, 2.24) is 5.32 Å². The van der Waals surface area contributed by atoms with Gasteiger partial charge in [-0.2, -0.15) is 0 Å². The third-order valence-corrected chi connectivity index (χ3v) is 2.98. The lowest BCUT2D eigenvalue weighted by molar-refractivity contribution is 0.137. The van der Waals surface area contributed by atoms with Crippen molar-refractivity contribution in [2.45, 2.75) is 32.4 Å². The predicted octanol–water partition coefficient (Wildman–Crippen LogP) is 3.02. The molecule has 0 spiro atoms. The molecule has 0 saturated heterocycles. The second-order valence-corrected chi connectivity index (χ2v) is 4.28. The molecule has 1 amide bonds. The molecular formula is C14H17NO2. The van der Waals surface area contributed by atoms with Crippen molar-refractivity contribution in [2.24, 2.45) is 0 Å². The van der Waals surface area contributed by atoms with Crippen LogP contribution in [0.2, 0.25) is 0 Å². The summed E-state index contributed by atoms with van der Waals surface area (Å²) in [5, 5.41) is 2.87. The molecule has 0 aromatic heterocycles. The first-order valence-corrected chi connectivity index (χ1v) is 5.89. The van der Waals surface area contributed by atoms with Gasteiger partial charge in [0, 0.05) is 0 Å². The number of allylic oxidation sites excluding steroid dienone is 1. The van der Waals surface area contributed by atoms with Crippen LogP contribution in [0.1, 0.15) is 25.3 Å². The van der Waals surface area contributed by atoms with Crippen molar-refractivity contribution in [3.8, 4) is 0 Å². The summed E-state index contributed by atoms with van der Waals surface area (Å²) in [5.41, 5.74) is 2.22. The highest BCUT2D eigenvalue weighted by Gasteiger charge is 2.18. The monoisotopic (exact) mass is 231 g/mol. The molecule has 1 N–H and O–H groups in total. The maximum Gasteiger partial charge on any atom is 0.407 e. The molecule has 1 unspecified atom stereocenters. The molecule has 3 heteroatoms. The minimum absolute atomic E-state index is 0.151. The van der Waals surface area contributed by atoms with Gasteiger partial charge in [-0.3, -0.25) is 0 Å². The number of nitrogens with one attached hydrogen (secondary N) is 1. The first kappa shape index (κ1) is 11.7. The average Bonchev–Trinajstić information content (AvgIpc) is 2.74. The van der Waals surface area contributed by atoms with Crippen LogP contribution in [0, 0.1) is 0 Å². The van der Waals surface area contributed by atoms with E-state index in [2.05, 4.69) is 11.4 Å². The van der Waals surface area contributed by atoms with Gasteiger partial charge in [-0.05, 0) is 25.3 Å². The number of alkyl carbamates (subject to hydrolysis) is 1. The number of benzene rings is 1. The molecule has 3 nitrogen and oxygen atoms in total. The Morgan fingerprint density at radius 3 is 2.82 bits per heavy atom. The van der Waals surface area contributed by atoms with Gasteiger partial charge in [-0.15, -0.1) is 0 Å². The molecule has 0 heterocycles. The summed E-state index contributed by atoms with van der Waals surface area (Å²) in [5.74, 6) is 0. The SMILES string of the molecule is CC1=CCCC1NC(=O)OCc1ccccc1. The molecular weight excluding hydrogens is 214 g/mol. The number of hydrogen-bond donors (Lipinski definition) is 1. The van der Waals surface area contributed by atoms with Gasteiger partial charge in [0.2, 0.25) is 0 Å². The lowest BCUT2D eigenvalue weighted by Gasteiger charge is -2.14. The normalized spacial score (nSPS) is 18.6. The zero-order valence-electron chi connectivity index (χ0n) is 9.98. The maximum atomic E-state index is 11.6. The average molecular weight is 231 g/mol. The Hall–Kier alpha value is -1.77. The summed E-state index contributed by atoms with van der Waals surface area (Å²) in [6.07, 6.45) is 3.83. The Morgan fingerprint density at radius 1 is 1.41 bits per heavy atom. The molecule has 1 aromatic rings. The van der Waals surface area contributed by atoms with E-state index in [1.165, 1.54) is 5.57 Å². The van der Waals surface area contributed by atoms with Crippen LogP contribution in [-0.4, -0.2) is 12.1 Å². The van der Waals surface area contributed by atoms with E-state index in [4.69, 9.17) is 4.74 Å². The number of carbonyl (C=O) groups is 1. The van der Waals surface area contributed by atoms with Gasteiger partial charge in [-0.1, -0.05) is 42.0 Å². The molecule has 0 radical (unpaired) electrons. The van der Waals surface area contributed by atoms with Crippen molar-refractivity contribution < 1.29 is 9.53 Å². The summed E-state index contributed by atoms with van der Waals surface area (Å²) < 4.78 is 5.16. The van der Waals surface area contributed by atoms with Crippen LogP contribution in [-0.2, 0) is 11.3 Å². The molecule has 1 aliphatic rings. The van der Waals surface area contributed by atoms with Crippen LogP contribution >= 0.6 is 0 Å². The number of ether oxygens (including phenoxy) is 1. The number of hydrogen-bond acceptors (Lipinski definition) is 2. The first-order chi connectivity index (χ1) is 8.25. The van der Waals surface area contributed by atoms with E-state index < -0.39 is 0 Å². The summed E-state index contributed by atoms with van der Waals surface area (Å²) in [6.45, 7) is 2.36. The highest BCUT2D eigenvalue weighted by molar-refractivity contribution is 5.68. The molecule has 17 heavy (non-hydrogen) atoms. The molecule has 0 fully saturated rings. The fourth-order valence-corrected chi connectivity index (χ4v) is 1.94. The summed E-state index contributed by atoms with van der Waals surface area (Å²) in [4.78, 5) is 11.6. The fraction of sp³-hybridized carbons (Fsp3) is 0.357. The molecule has 1 aromatic carbocycles. The van der Waals surface area contributed by atoms with Gasteiger partial charge >= 0.3 is 6.09 Å². The van der Waals surface area contributed by atoms with E-state index in [9.17, 15) is 4.79 Å². The summed E-state index contributed by atoms with van der Waals surface area (Å²) >= 11 is 0. The van der Waals surface area contributed by atoms with E-state index in [1.54, 1.807) is 0 Å². The van der Waals surface area contributed by atoms with Crippen molar-refractivity contribution in [3.63, 3.8) is 0 Å². The highest BCUT2D eigenvalue weighted by Crippen LogP contribution is 2.17. The van der Waals surface area contributed by atoms with Crippen LogP contribution in [0.15, 0.2) is 42.0 Å². The summed E-state index contributed by atoms with van der Waals surface area (Å²) in [6, 6.07) is 9.83.